The first kappa shape index (κ1) is 11.0. The molecule has 0 radical (unpaired) electrons. The van der Waals surface area contributed by atoms with Crippen molar-refractivity contribution in [1.82, 2.24) is 0 Å². The highest BCUT2D eigenvalue weighted by atomic mass is 16.4. The van der Waals surface area contributed by atoms with E-state index < -0.39 is 23.8 Å². The van der Waals surface area contributed by atoms with Crippen molar-refractivity contribution in [3.05, 3.63) is 0 Å². The van der Waals surface area contributed by atoms with E-state index in [-0.39, 0.29) is 17.8 Å². The van der Waals surface area contributed by atoms with Crippen molar-refractivity contribution in [2.45, 2.75) is 20.8 Å². The second kappa shape index (κ2) is 3.59. The van der Waals surface area contributed by atoms with E-state index in [1.165, 1.54) is 0 Å². The summed E-state index contributed by atoms with van der Waals surface area (Å²) in [5.41, 5.74) is 0. The summed E-state index contributed by atoms with van der Waals surface area (Å²) in [5, 5.41) is 17.8. The Kier molecular flexibility index (Phi) is 2.83. The van der Waals surface area contributed by atoms with Gasteiger partial charge in [-0.2, -0.15) is 0 Å². The highest BCUT2D eigenvalue weighted by Crippen LogP contribution is 2.52. The largest absolute Gasteiger partial charge is 0.481 e. The summed E-state index contributed by atoms with van der Waals surface area (Å²) in [6.45, 7) is 5.45. The maximum absolute atomic E-state index is 10.9. The maximum Gasteiger partial charge on any atom is 0.307 e. The van der Waals surface area contributed by atoms with E-state index in [9.17, 15) is 9.59 Å². The average Bonchev–Trinajstić information content (AvgIpc) is 2.60. The summed E-state index contributed by atoms with van der Waals surface area (Å²) < 4.78 is 0. The van der Waals surface area contributed by atoms with Crippen LogP contribution in [0.4, 0.5) is 0 Å². The van der Waals surface area contributed by atoms with Crippen LogP contribution in [0.2, 0.25) is 0 Å². The minimum atomic E-state index is -0.874. The minimum absolute atomic E-state index is 0.00370. The number of carboxylic acid groups (broad SMARTS) is 2. The first-order chi connectivity index (χ1) is 6.37. The maximum atomic E-state index is 10.9. The second-order valence-electron chi connectivity index (χ2n) is 4.41. The predicted octanol–water partition coefficient (Wildman–Crippen LogP) is 1.31. The van der Waals surface area contributed by atoms with E-state index in [1.54, 1.807) is 0 Å². The Bertz CT molecular complexity index is 259. The number of hydrogen-bond donors (Lipinski definition) is 2. The molecule has 1 rings (SSSR count). The first-order valence-electron chi connectivity index (χ1n) is 4.83. The third-order valence-corrected chi connectivity index (χ3v) is 3.15. The molecule has 1 aliphatic rings. The summed E-state index contributed by atoms with van der Waals surface area (Å²) in [4.78, 5) is 21.7. The lowest BCUT2D eigenvalue weighted by Crippen LogP contribution is -2.24. The molecule has 0 heterocycles. The van der Waals surface area contributed by atoms with Crippen LogP contribution in [0.5, 0.6) is 0 Å². The van der Waals surface area contributed by atoms with E-state index in [1.807, 2.05) is 20.8 Å². The number of carboxylic acids is 2. The average molecular weight is 200 g/mol. The molecule has 0 aromatic heterocycles. The van der Waals surface area contributed by atoms with Gasteiger partial charge in [-0.05, 0) is 17.8 Å². The van der Waals surface area contributed by atoms with Gasteiger partial charge in [-0.15, -0.1) is 0 Å². The standard InChI is InChI=1S/C10H16O4/c1-4(2)6(9(11)12)7-5(3)8(7)10(13)14/h4-8H,1-3H3,(H,11,12)(H,13,14). The monoisotopic (exact) mass is 200 g/mol. The molecule has 0 saturated heterocycles. The fourth-order valence-electron chi connectivity index (χ4n) is 2.33. The molecule has 0 aliphatic heterocycles. The van der Waals surface area contributed by atoms with Gasteiger partial charge in [0.05, 0.1) is 11.8 Å². The normalized spacial score (nSPS) is 32.7. The van der Waals surface area contributed by atoms with Crippen LogP contribution < -0.4 is 0 Å². The highest BCUT2D eigenvalue weighted by molar-refractivity contribution is 5.78. The van der Waals surface area contributed by atoms with Gasteiger partial charge in [-0.1, -0.05) is 20.8 Å². The van der Waals surface area contributed by atoms with Crippen molar-refractivity contribution in [2.75, 3.05) is 0 Å². The molecule has 0 aromatic carbocycles. The molecule has 1 fully saturated rings. The third-order valence-electron chi connectivity index (χ3n) is 3.15. The summed E-state index contributed by atoms with van der Waals surface area (Å²) in [7, 11) is 0. The first-order valence-corrected chi connectivity index (χ1v) is 4.83. The molecule has 4 atom stereocenters. The van der Waals surface area contributed by atoms with Gasteiger partial charge in [0.15, 0.2) is 0 Å². The molecule has 80 valence electrons. The summed E-state index contributed by atoms with van der Waals surface area (Å²) in [5.74, 6) is -2.93. The molecule has 1 aliphatic carbocycles. The molecule has 2 N–H and O–H groups in total. The quantitative estimate of drug-likeness (QED) is 0.717. The molecule has 0 spiro atoms. The smallest absolute Gasteiger partial charge is 0.307 e. The molecular weight excluding hydrogens is 184 g/mol. The zero-order valence-corrected chi connectivity index (χ0v) is 8.60. The lowest BCUT2D eigenvalue weighted by atomic mass is 9.89. The molecular formula is C10H16O4. The van der Waals surface area contributed by atoms with E-state index in [2.05, 4.69) is 0 Å². The van der Waals surface area contributed by atoms with Gasteiger partial charge in [-0.25, -0.2) is 0 Å². The van der Waals surface area contributed by atoms with E-state index >= 15 is 0 Å². The molecule has 4 nitrogen and oxygen atoms in total. The van der Waals surface area contributed by atoms with E-state index in [0.717, 1.165) is 0 Å². The van der Waals surface area contributed by atoms with E-state index in [0.29, 0.717) is 0 Å². The second-order valence-corrected chi connectivity index (χ2v) is 4.41. The van der Waals surface area contributed by atoms with Gasteiger partial charge in [0.25, 0.3) is 0 Å². The van der Waals surface area contributed by atoms with Crippen LogP contribution in [0.15, 0.2) is 0 Å². The van der Waals surface area contributed by atoms with Gasteiger partial charge >= 0.3 is 11.9 Å². The zero-order valence-electron chi connectivity index (χ0n) is 8.60. The summed E-state index contributed by atoms with van der Waals surface area (Å²) in [6.07, 6.45) is 0. The van der Waals surface area contributed by atoms with Gasteiger partial charge in [0, 0.05) is 0 Å². The fourth-order valence-corrected chi connectivity index (χ4v) is 2.33. The molecule has 14 heavy (non-hydrogen) atoms. The number of aliphatic carboxylic acids is 2. The molecule has 4 heteroatoms. The summed E-state index contributed by atoms with van der Waals surface area (Å²) >= 11 is 0. The van der Waals surface area contributed by atoms with Gasteiger partial charge < -0.3 is 10.2 Å². The Hall–Kier alpha value is -1.06. The molecule has 0 aromatic rings. The Morgan fingerprint density at radius 3 is 1.93 bits per heavy atom. The SMILES string of the molecule is CC(C)C(C(=O)O)C1C(C)C1C(=O)O. The highest BCUT2D eigenvalue weighted by Gasteiger charge is 2.58. The minimum Gasteiger partial charge on any atom is -0.481 e. The lowest BCUT2D eigenvalue weighted by molar-refractivity contribution is -0.145. The van der Waals surface area contributed by atoms with Crippen LogP contribution >= 0.6 is 0 Å². The topological polar surface area (TPSA) is 74.6 Å². The lowest BCUT2D eigenvalue weighted by Gasteiger charge is -2.15. The van der Waals surface area contributed by atoms with Crippen molar-refractivity contribution in [3.8, 4) is 0 Å². The Morgan fingerprint density at radius 2 is 1.71 bits per heavy atom. The van der Waals surface area contributed by atoms with Gasteiger partial charge in [0.2, 0.25) is 0 Å². The van der Waals surface area contributed by atoms with Crippen LogP contribution in [0.3, 0.4) is 0 Å². The van der Waals surface area contributed by atoms with Crippen LogP contribution in [0, 0.1) is 29.6 Å². The van der Waals surface area contributed by atoms with Crippen molar-refractivity contribution in [1.29, 1.82) is 0 Å². The Morgan fingerprint density at radius 1 is 1.21 bits per heavy atom. The van der Waals surface area contributed by atoms with Crippen molar-refractivity contribution >= 4 is 11.9 Å². The van der Waals surface area contributed by atoms with Crippen molar-refractivity contribution < 1.29 is 19.8 Å². The number of hydrogen-bond acceptors (Lipinski definition) is 2. The summed E-state index contributed by atoms with van der Waals surface area (Å²) in [6, 6.07) is 0. The van der Waals surface area contributed by atoms with Gasteiger partial charge in [-0.3, -0.25) is 9.59 Å². The van der Waals surface area contributed by atoms with Crippen LogP contribution in [-0.4, -0.2) is 22.2 Å². The zero-order chi connectivity index (χ0) is 11.0. The van der Waals surface area contributed by atoms with Crippen LogP contribution in [-0.2, 0) is 9.59 Å². The van der Waals surface area contributed by atoms with Crippen molar-refractivity contribution in [3.63, 3.8) is 0 Å². The molecule has 1 saturated carbocycles. The Labute approximate surface area is 82.9 Å². The van der Waals surface area contributed by atoms with Gasteiger partial charge in [0.1, 0.15) is 0 Å². The third kappa shape index (κ3) is 1.74. The molecule has 4 unspecified atom stereocenters. The van der Waals surface area contributed by atoms with E-state index in [4.69, 9.17) is 10.2 Å². The van der Waals surface area contributed by atoms with Crippen LogP contribution in [0.1, 0.15) is 20.8 Å². The van der Waals surface area contributed by atoms with Crippen molar-refractivity contribution in [2.24, 2.45) is 29.6 Å². The predicted molar refractivity (Wildman–Crippen MR) is 49.7 cm³/mol. The Balaban J connectivity index is 2.74. The molecule has 0 amide bonds. The van der Waals surface area contributed by atoms with Crippen LogP contribution in [0.25, 0.3) is 0 Å². The molecule has 0 bridgehead atoms. The number of rotatable bonds is 4. The fraction of sp³-hybridized carbons (Fsp3) is 0.800. The number of carbonyl (C=O) groups is 2.